The molecule has 1 aliphatic rings. The van der Waals surface area contributed by atoms with Gasteiger partial charge in [-0.1, -0.05) is 69.3 Å². The number of carbonyl (C=O) groups excluding carboxylic acids is 1. The monoisotopic (exact) mass is 436 g/mol. The molecule has 0 saturated carbocycles. The van der Waals surface area contributed by atoms with Crippen LogP contribution in [0.5, 0.6) is 0 Å². The Labute approximate surface area is 184 Å². The van der Waals surface area contributed by atoms with Gasteiger partial charge in [0.25, 0.3) is 10.0 Å². The number of hydrogen-bond acceptors (Lipinski definition) is 3. The molecule has 4 rings (SSSR count). The highest BCUT2D eigenvalue weighted by atomic mass is 32.2. The van der Waals surface area contributed by atoms with Crippen LogP contribution in [0, 0.1) is 0 Å². The van der Waals surface area contributed by atoms with E-state index >= 15 is 0 Å². The van der Waals surface area contributed by atoms with Gasteiger partial charge in [-0.05, 0) is 47.9 Å². The van der Waals surface area contributed by atoms with Gasteiger partial charge in [0, 0.05) is 5.39 Å². The molecule has 3 aromatic carbocycles. The van der Waals surface area contributed by atoms with Crippen molar-refractivity contribution in [2.24, 2.45) is 0 Å². The van der Waals surface area contributed by atoms with Gasteiger partial charge in [0.15, 0.2) is 0 Å². The van der Waals surface area contributed by atoms with Gasteiger partial charge >= 0.3 is 0 Å². The molecular weight excluding hydrogens is 408 g/mol. The highest BCUT2D eigenvalue weighted by molar-refractivity contribution is 7.93. The van der Waals surface area contributed by atoms with Crippen LogP contribution in [0.15, 0.2) is 65.6 Å². The van der Waals surface area contributed by atoms with E-state index in [0.717, 1.165) is 10.9 Å². The fourth-order valence-corrected chi connectivity index (χ4v) is 6.00. The zero-order valence-corrected chi connectivity index (χ0v) is 19.3. The predicted octanol–water partition coefficient (Wildman–Crippen LogP) is 4.91. The first-order valence-corrected chi connectivity index (χ1v) is 11.9. The Kier molecular flexibility index (Phi) is 5.09. The van der Waals surface area contributed by atoms with E-state index in [-0.39, 0.29) is 22.3 Å². The number of amides is 1. The standard InChI is InChI=1S/C25H28N2O3S/c1-16(18-12-14-20(15-13-18)25(3,4)5)26-24(28)17(2)27-21-10-6-8-19-9-7-11-22(23(19)21)31(27,29)30/h6-17H,1-5H3,(H,26,28). The molecule has 0 saturated heterocycles. The summed E-state index contributed by atoms with van der Waals surface area (Å²) in [5.74, 6) is -0.333. The van der Waals surface area contributed by atoms with Gasteiger partial charge in [0.1, 0.15) is 6.04 Å². The first kappa shape index (κ1) is 21.4. The summed E-state index contributed by atoms with van der Waals surface area (Å²) in [5, 5.41) is 4.51. The van der Waals surface area contributed by atoms with Gasteiger partial charge in [-0.25, -0.2) is 8.42 Å². The third kappa shape index (κ3) is 3.59. The number of hydrogen-bond donors (Lipinski definition) is 1. The smallest absolute Gasteiger partial charge is 0.265 e. The van der Waals surface area contributed by atoms with Crippen molar-refractivity contribution in [3.05, 3.63) is 71.8 Å². The maximum atomic E-state index is 13.2. The number of rotatable bonds is 4. The molecule has 6 heteroatoms. The lowest BCUT2D eigenvalue weighted by Crippen LogP contribution is -2.47. The minimum Gasteiger partial charge on any atom is -0.348 e. The molecule has 0 bridgehead atoms. The molecule has 1 amide bonds. The average molecular weight is 437 g/mol. The topological polar surface area (TPSA) is 66.5 Å². The van der Waals surface area contributed by atoms with Crippen molar-refractivity contribution in [1.82, 2.24) is 5.32 Å². The van der Waals surface area contributed by atoms with E-state index in [1.54, 1.807) is 25.1 Å². The van der Waals surface area contributed by atoms with Crippen LogP contribution in [0.4, 0.5) is 5.69 Å². The number of anilines is 1. The Balaban J connectivity index is 1.58. The van der Waals surface area contributed by atoms with Crippen molar-refractivity contribution in [2.45, 2.75) is 57.0 Å². The quantitative estimate of drug-likeness (QED) is 0.632. The molecule has 0 fully saturated rings. The third-order valence-electron chi connectivity index (χ3n) is 5.99. The summed E-state index contributed by atoms with van der Waals surface area (Å²) >= 11 is 0. The van der Waals surface area contributed by atoms with Gasteiger partial charge < -0.3 is 5.32 Å². The van der Waals surface area contributed by atoms with Crippen molar-refractivity contribution in [3.8, 4) is 0 Å². The summed E-state index contributed by atoms with van der Waals surface area (Å²) in [6, 6.07) is 17.7. The van der Waals surface area contributed by atoms with Crippen molar-refractivity contribution in [2.75, 3.05) is 4.31 Å². The molecule has 2 unspecified atom stereocenters. The molecule has 0 aliphatic carbocycles. The highest BCUT2D eigenvalue weighted by Gasteiger charge is 2.41. The number of sulfonamides is 1. The van der Waals surface area contributed by atoms with Crippen LogP contribution in [0.3, 0.4) is 0 Å². The fraction of sp³-hybridized carbons (Fsp3) is 0.320. The van der Waals surface area contributed by atoms with Crippen LogP contribution in [0.25, 0.3) is 10.8 Å². The Morgan fingerprint density at radius 3 is 2.16 bits per heavy atom. The lowest BCUT2D eigenvalue weighted by atomic mass is 9.86. The van der Waals surface area contributed by atoms with Gasteiger partial charge in [-0.3, -0.25) is 9.10 Å². The molecule has 1 N–H and O–H groups in total. The van der Waals surface area contributed by atoms with Gasteiger partial charge in [-0.15, -0.1) is 0 Å². The normalized spacial score (nSPS) is 16.9. The van der Waals surface area contributed by atoms with Crippen LogP contribution in [0.1, 0.15) is 51.8 Å². The Morgan fingerprint density at radius 2 is 1.55 bits per heavy atom. The minimum absolute atomic E-state index is 0.0552. The maximum absolute atomic E-state index is 13.2. The number of carbonyl (C=O) groups is 1. The van der Waals surface area contributed by atoms with Crippen LogP contribution in [-0.2, 0) is 20.2 Å². The van der Waals surface area contributed by atoms with Crippen molar-refractivity contribution < 1.29 is 13.2 Å². The molecule has 162 valence electrons. The molecular formula is C25H28N2O3S. The van der Waals surface area contributed by atoms with Crippen LogP contribution >= 0.6 is 0 Å². The first-order valence-electron chi connectivity index (χ1n) is 10.5. The lowest BCUT2D eigenvalue weighted by Gasteiger charge is -2.27. The predicted molar refractivity (Wildman–Crippen MR) is 125 cm³/mol. The highest BCUT2D eigenvalue weighted by Crippen LogP contribution is 2.43. The minimum atomic E-state index is -3.79. The maximum Gasteiger partial charge on any atom is 0.265 e. The average Bonchev–Trinajstić information content (AvgIpc) is 2.95. The zero-order chi connectivity index (χ0) is 22.6. The molecule has 3 aromatic rings. The molecule has 0 aromatic heterocycles. The number of nitrogens with zero attached hydrogens (tertiary/aromatic N) is 1. The summed E-state index contributed by atoms with van der Waals surface area (Å²) < 4.78 is 27.7. The molecule has 31 heavy (non-hydrogen) atoms. The summed E-state index contributed by atoms with van der Waals surface area (Å²) in [4.78, 5) is 13.3. The Hall–Kier alpha value is -2.86. The molecule has 1 heterocycles. The van der Waals surface area contributed by atoms with E-state index in [2.05, 4.69) is 38.2 Å². The van der Waals surface area contributed by atoms with Gasteiger partial charge in [-0.2, -0.15) is 0 Å². The van der Waals surface area contributed by atoms with Crippen LogP contribution in [0.2, 0.25) is 0 Å². The van der Waals surface area contributed by atoms with E-state index in [0.29, 0.717) is 11.1 Å². The summed E-state index contributed by atoms with van der Waals surface area (Å²) in [7, 11) is -3.79. The summed E-state index contributed by atoms with van der Waals surface area (Å²) in [5.41, 5.74) is 2.80. The summed E-state index contributed by atoms with van der Waals surface area (Å²) in [6.07, 6.45) is 0. The first-order chi connectivity index (χ1) is 14.5. The Bertz CT molecular complexity index is 1250. The molecule has 1 aliphatic heterocycles. The van der Waals surface area contributed by atoms with E-state index in [1.807, 2.05) is 37.3 Å². The number of nitrogens with one attached hydrogen (secondary N) is 1. The second kappa shape index (κ2) is 7.38. The molecule has 5 nitrogen and oxygen atoms in total. The van der Waals surface area contributed by atoms with Crippen LogP contribution in [-0.4, -0.2) is 20.4 Å². The van der Waals surface area contributed by atoms with E-state index < -0.39 is 16.1 Å². The van der Waals surface area contributed by atoms with Crippen molar-refractivity contribution in [1.29, 1.82) is 0 Å². The zero-order valence-electron chi connectivity index (χ0n) is 18.5. The fourth-order valence-electron chi connectivity index (χ4n) is 4.13. The third-order valence-corrected chi connectivity index (χ3v) is 7.91. The molecule has 0 radical (unpaired) electrons. The Morgan fingerprint density at radius 1 is 0.935 bits per heavy atom. The number of benzene rings is 3. The SMILES string of the molecule is CC(NC(=O)C(C)N1c2cccc3cccc(c23)S1(=O)=O)c1ccc(C(C)(C)C)cc1. The summed E-state index contributed by atoms with van der Waals surface area (Å²) in [6.45, 7) is 10.0. The van der Waals surface area contributed by atoms with Gasteiger partial charge in [0.05, 0.1) is 16.6 Å². The van der Waals surface area contributed by atoms with Crippen molar-refractivity contribution >= 4 is 32.4 Å². The lowest BCUT2D eigenvalue weighted by molar-refractivity contribution is -0.122. The van der Waals surface area contributed by atoms with E-state index in [1.165, 1.54) is 9.87 Å². The van der Waals surface area contributed by atoms with E-state index in [9.17, 15) is 13.2 Å². The largest absolute Gasteiger partial charge is 0.348 e. The van der Waals surface area contributed by atoms with Crippen molar-refractivity contribution in [3.63, 3.8) is 0 Å². The van der Waals surface area contributed by atoms with Crippen LogP contribution < -0.4 is 9.62 Å². The van der Waals surface area contributed by atoms with E-state index in [4.69, 9.17) is 0 Å². The molecule has 0 spiro atoms. The second-order valence-electron chi connectivity index (χ2n) is 9.21. The molecule has 2 atom stereocenters. The second-order valence-corrected chi connectivity index (χ2v) is 11.0. The van der Waals surface area contributed by atoms with Gasteiger partial charge in [0.2, 0.25) is 5.91 Å².